The summed E-state index contributed by atoms with van der Waals surface area (Å²) in [5.74, 6) is 1.99. The molecular weight excluding hydrogens is 388 g/mol. The number of nitrogens with zero attached hydrogens (tertiary/aromatic N) is 1. The number of carbonyl (C=O) groups is 2. The molecular formula is C22H26N2O6. The van der Waals surface area contributed by atoms with Crippen molar-refractivity contribution >= 4 is 17.4 Å². The smallest absolute Gasteiger partial charge is 0.238 e. The van der Waals surface area contributed by atoms with Crippen molar-refractivity contribution in [2.45, 2.75) is 13.3 Å². The van der Waals surface area contributed by atoms with E-state index in [9.17, 15) is 9.59 Å². The van der Waals surface area contributed by atoms with Gasteiger partial charge < -0.3 is 24.3 Å². The zero-order valence-electron chi connectivity index (χ0n) is 17.6. The lowest BCUT2D eigenvalue weighted by Gasteiger charge is -2.18. The van der Waals surface area contributed by atoms with E-state index in [0.717, 1.165) is 12.0 Å². The summed E-state index contributed by atoms with van der Waals surface area (Å²) in [6.07, 6.45) is 0.743. The molecule has 3 rings (SSSR count). The van der Waals surface area contributed by atoms with Crippen LogP contribution in [0.25, 0.3) is 0 Å². The molecule has 0 aliphatic carbocycles. The number of amides is 1. The molecule has 0 aromatic heterocycles. The zero-order valence-corrected chi connectivity index (χ0v) is 17.6. The molecule has 2 aromatic carbocycles. The van der Waals surface area contributed by atoms with E-state index in [-0.39, 0.29) is 25.0 Å². The first-order valence-corrected chi connectivity index (χ1v) is 9.55. The second-order valence-electron chi connectivity index (χ2n) is 7.03. The Morgan fingerprint density at radius 2 is 1.77 bits per heavy atom. The Kier molecular flexibility index (Phi) is 6.79. The standard InChI is InChI=1S/C22H26N2O6/c1-14(25)16-10-20-21(30-13-29-20)11-17(16)23-22(26)12-24(2)8-7-15-5-6-18(27-3)19(9-15)28-4/h5-6,9-11H,7-8,12-13H2,1-4H3,(H,23,26). The second-order valence-corrected chi connectivity index (χ2v) is 7.03. The highest BCUT2D eigenvalue weighted by atomic mass is 16.7. The fourth-order valence-electron chi connectivity index (χ4n) is 3.21. The van der Waals surface area contributed by atoms with Crippen LogP contribution in [0.1, 0.15) is 22.8 Å². The third-order valence-corrected chi connectivity index (χ3v) is 4.81. The summed E-state index contributed by atoms with van der Waals surface area (Å²) < 4.78 is 21.2. The lowest BCUT2D eigenvalue weighted by molar-refractivity contribution is -0.117. The van der Waals surface area contributed by atoms with E-state index in [1.807, 2.05) is 30.1 Å². The monoisotopic (exact) mass is 414 g/mol. The van der Waals surface area contributed by atoms with Crippen molar-refractivity contribution in [3.05, 3.63) is 41.5 Å². The Bertz CT molecular complexity index is 943. The number of Topliss-reactive ketones (excluding diaryl/α,β-unsaturated/α-hetero) is 1. The Labute approximate surface area is 175 Å². The third kappa shape index (κ3) is 5.01. The van der Waals surface area contributed by atoms with Crippen molar-refractivity contribution in [1.29, 1.82) is 0 Å². The first-order chi connectivity index (χ1) is 14.4. The maximum atomic E-state index is 12.5. The highest BCUT2D eigenvalue weighted by molar-refractivity contribution is 6.05. The van der Waals surface area contributed by atoms with Crippen LogP contribution in [0.15, 0.2) is 30.3 Å². The quantitative estimate of drug-likeness (QED) is 0.632. The van der Waals surface area contributed by atoms with Gasteiger partial charge in [0.05, 0.1) is 26.5 Å². The van der Waals surface area contributed by atoms with Crippen LogP contribution >= 0.6 is 0 Å². The van der Waals surface area contributed by atoms with Crippen molar-refractivity contribution in [3.8, 4) is 23.0 Å². The summed E-state index contributed by atoms with van der Waals surface area (Å²) >= 11 is 0. The van der Waals surface area contributed by atoms with Crippen LogP contribution in [0.2, 0.25) is 0 Å². The SMILES string of the molecule is COc1ccc(CCN(C)CC(=O)Nc2cc3c(cc2C(C)=O)OCO3)cc1OC. The topological polar surface area (TPSA) is 86.3 Å². The largest absolute Gasteiger partial charge is 0.493 e. The Morgan fingerprint density at radius 3 is 2.43 bits per heavy atom. The van der Waals surface area contributed by atoms with Crippen LogP contribution in [0.5, 0.6) is 23.0 Å². The molecule has 0 bridgehead atoms. The fraction of sp³-hybridized carbons (Fsp3) is 0.364. The summed E-state index contributed by atoms with van der Waals surface area (Å²) in [6, 6.07) is 8.99. The molecule has 0 spiro atoms. The Morgan fingerprint density at radius 1 is 1.07 bits per heavy atom. The van der Waals surface area contributed by atoms with Gasteiger partial charge in [-0.3, -0.25) is 14.5 Å². The summed E-state index contributed by atoms with van der Waals surface area (Å²) in [4.78, 5) is 26.4. The summed E-state index contributed by atoms with van der Waals surface area (Å²) in [5.41, 5.74) is 1.89. The van der Waals surface area contributed by atoms with Gasteiger partial charge in [-0.2, -0.15) is 0 Å². The van der Waals surface area contributed by atoms with Gasteiger partial charge in [0, 0.05) is 18.2 Å². The van der Waals surface area contributed by atoms with Crippen molar-refractivity contribution < 1.29 is 28.5 Å². The van der Waals surface area contributed by atoms with Crippen molar-refractivity contribution in [2.75, 3.05) is 46.5 Å². The molecule has 2 aromatic rings. The van der Waals surface area contributed by atoms with E-state index in [1.54, 1.807) is 26.4 Å². The molecule has 8 heteroatoms. The molecule has 1 aliphatic heterocycles. The predicted molar refractivity (Wildman–Crippen MR) is 112 cm³/mol. The van der Waals surface area contributed by atoms with Gasteiger partial charge in [-0.15, -0.1) is 0 Å². The number of nitrogens with one attached hydrogen (secondary N) is 1. The van der Waals surface area contributed by atoms with Gasteiger partial charge in [0.25, 0.3) is 0 Å². The number of carbonyl (C=O) groups excluding carboxylic acids is 2. The maximum Gasteiger partial charge on any atom is 0.238 e. The zero-order chi connectivity index (χ0) is 21.7. The van der Waals surface area contributed by atoms with Gasteiger partial charge in [0.15, 0.2) is 28.8 Å². The number of ketones is 1. The molecule has 0 saturated heterocycles. The maximum absolute atomic E-state index is 12.5. The number of benzene rings is 2. The minimum absolute atomic E-state index is 0.100. The van der Waals surface area contributed by atoms with Gasteiger partial charge in [0.2, 0.25) is 12.7 Å². The van der Waals surface area contributed by atoms with Crippen molar-refractivity contribution in [3.63, 3.8) is 0 Å². The average Bonchev–Trinajstić information content (AvgIpc) is 3.18. The van der Waals surface area contributed by atoms with Gasteiger partial charge >= 0.3 is 0 Å². The van der Waals surface area contributed by atoms with E-state index in [2.05, 4.69) is 5.32 Å². The minimum Gasteiger partial charge on any atom is -0.493 e. The van der Waals surface area contributed by atoms with Crippen LogP contribution in [0.3, 0.4) is 0 Å². The van der Waals surface area contributed by atoms with Gasteiger partial charge in [-0.05, 0) is 44.2 Å². The molecule has 0 atom stereocenters. The van der Waals surface area contributed by atoms with Crippen LogP contribution in [-0.2, 0) is 11.2 Å². The second kappa shape index (κ2) is 9.49. The third-order valence-electron chi connectivity index (χ3n) is 4.81. The highest BCUT2D eigenvalue weighted by Crippen LogP contribution is 2.37. The normalized spacial score (nSPS) is 12.0. The van der Waals surface area contributed by atoms with Gasteiger partial charge in [-0.1, -0.05) is 6.07 Å². The minimum atomic E-state index is -0.217. The first-order valence-electron chi connectivity index (χ1n) is 9.55. The van der Waals surface area contributed by atoms with Crippen molar-refractivity contribution in [1.82, 2.24) is 4.90 Å². The van der Waals surface area contributed by atoms with Crippen LogP contribution < -0.4 is 24.3 Å². The molecule has 160 valence electrons. The van der Waals surface area contributed by atoms with Crippen LogP contribution in [0, 0.1) is 0 Å². The number of ether oxygens (including phenoxy) is 4. The molecule has 1 heterocycles. The molecule has 1 aliphatic rings. The predicted octanol–water partition coefficient (Wildman–Crippen LogP) is 2.75. The van der Waals surface area contributed by atoms with Gasteiger partial charge in [0.1, 0.15) is 0 Å². The van der Waals surface area contributed by atoms with Gasteiger partial charge in [-0.25, -0.2) is 0 Å². The number of hydrogen-bond donors (Lipinski definition) is 1. The van der Waals surface area contributed by atoms with E-state index in [4.69, 9.17) is 18.9 Å². The summed E-state index contributed by atoms with van der Waals surface area (Å²) in [6.45, 7) is 2.40. The van der Waals surface area contributed by atoms with E-state index in [0.29, 0.717) is 40.8 Å². The van der Waals surface area contributed by atoms with Crippen LogP contribution in [0.4, 0.5) is 5.69 Å². The first kappa shape index (κ1) is 21.4. The molecule has 0 unspecified atom stereocenters. The number of hydrogen-bond acceptors (Lipinski definition) is 7. The van der Waals surface area contributed by atoms with Crippen molar-refractivity contribution in [2.24, 2.45) is 0 Å². The van der Waals surface area contributed by atoms with E-state index >= 15 is 0 Å². The number of rotatable bonds is 9. The fourth-order valence-corrected chi connectivity index (χ4v) is 3.21. The molecule has 0 radical (unpaired) electrons. The number of fused-ring (bicyclic) bond motifs is 1. The number of anilines is 1. The summed E-state index contributed by atoms with van der Waals surface area (Å²) in [7, 11) is 5.07. The molecule has 1 N–H and O–H groups in total. The number of methoxy groups -OCH3 is 2. The lowest BCUT2D eigenvalue weighted by Crippen LogP contribution is -2.32. The lowest BCUT2D eigenvalue weighted by atomic mass is 10.1. The molecule has 8 nitrogen and oxygen atoms in total. The number of likely N-dealkylation sites (N-methyl/N-ethyl adjacent to an activating group) is 1. The molecule has 30 heavy (non-hydrogen) atoms. The average molecular weight is 414 g/mol. The molecule has 0 fully saturated rings. The van der Waals surface area contributed by atoms with Crippen LogP contribution in [-0.4, -0.2) is 57.7 Å². The van der Waals surface area contributed by atoms with E-state index in [1.165, 1.54) is 6.92 Å². The highest BCUT2D eigenvalue weighted by Gasteiger charge is 2.20. The van der Waals surface area contributed by atoms with E-state index < -0.39 is 0 Å². The molecule has 0 saturated carbocycles. The Hall–Kier alpha value is -3.26. The molecule has 1 amide bonds. The Balaban J connectivity index is 1.58. The summed E-state index contributed by atoms with van der Waals surface area (Å²) in [5, 5.41) is 2.81.